The quantitative estimate of drug-likeness (QED) is 0.751. The van der Waals surface area contributed by atoms with Crippen LogP contribution in [-0.2, 0) is 0 Å². The monoisotopic (exact) mass is 325 g/mol. The summed E-state index contributed by atoms with van der Waals surface area (Å²) in [4.78, 5) is 7.26. The van der Waals surface area contributed by atoms with Crippen molar-refractivity contribution in [1.29, 1.82) is 0 Å². The van der Waals surface area contributed by atoms with Gasteiger partial charge in [0.25, 0.3) is 0 Å². The molecular formula is C18H18ClN4+. The number of nitrogens with zero attached hydrogens (tertiary/aromatic N) is 3. The first kappa shape index (κ1) is 14.3. The molecule has 2 aromatic carbocycles. The topological polar surface area (TPSA) is 30.6 Å². The zero-order chi connectivity index (χ0) is 15.8. The lowest BCUT2D eigenvalue weighted by Crippen LogP contribution is -2.42. The average Bonchev–Trinajstić information content (AvgIpc) is 2.72. The number of halogens is 1. The Morgan fingerprint density at radius 1 is 1.17 bits per heavy atom. The fourth-order valence-corrected chi connectivity index (χ4v) is 3.11. The summed E-state index contributed by atoms with van der Waals surface area (Å²) in [6.45, 7) is 2.81. The van der Waals surface area contributed by atoms with Crippen LogP contribution < -0.4 is 5.32 Å². The molecule has 4 nitrogen and oxygen atoms in total. The molecule has 2 heterocycles. The highest BCUT2D eigenvalue weighted by molar-refractivity contribution is 6.31. The zero-order valence-corrected chi connectivity index (χ0v) is 13.7. The first-order chi connectivity index (χ1) is 11.2. The predicted octanol–water partition coefficient (Wildman–Crippen LogP) is 3.50. The van der Waals surface area contributed by atoms with Crippen LogP contribution >= 0.6 is 11.6 Å². The Kier molecular flexibility index (Phi) is 3.54. The van der Waals surface area contributed by atoms with Gasteiger partial charge in [0.15, 0.2) is 12.8 Å². The summed E-state index contributed by atoms with van der Waals surface area (Å²) in [5, 5.41) is 4.19. The molecule has 2 aliphatic heterocycles. The molecule has 2 aromatic rings. The summed E-state index contributed by atoms with van der Waals surface area (Å²) in [7, 11) is 2.11. The van der Waals surface area contributed by atoms with Gasteiger partial charge < -0.3 is 10.2 Å². The lowest BCUT2D eigenvalue weighted by molar-refractivity contribution is -0.497. The minimum Gasteiger partial charge on any atom is -0.353 e. The predicted molar refractivity (Wildman–Crippen MR) is 96.1 cm³/mol. The van der Waals surface area contributed by atoms with E-state index in [1.54, 1.807) is 0 Å². The first-order valence-corrected chi connectivity index (χ1v) is 8.12. The van der Waals surface area contributed by atoms with E-state index in [0.717, 1.165) is 48.1 Å². The molecule has 0 atom stereocenters. The van der Waals surface area contributed by atoms with Gasteiger partial charge in [0.05, 0.1) is 24.5 Å². The summed E-state index contributed by atoms with van der Waals surface area (Å²) >= 11 is 6.17. The lowest BCUT2D eigenvalue weighted by atomic mass is 10.1. The summed E-state index contributed by atoms with van der Waals surface area (Å²) < 4.78 is 2.22. The number of likely N-dealkylation sites (N-methyl/N-ethyl adjacent to an activating group) is 1. The molecule has 0 bridgehead atoms. The lowest BCUT2D eigenvalue weighted by Gasteiger charge is -2.26. The van der Waals surface area contributed by atoms with Crippen molar-refractivity contribution in [2.75, 3.05) is 32.0 Å². The summed E-state index contributed by atoms with van der Waals surface area (Å²) in [6.07, 6.45) is 2.20. The highest BCUT2D eigenvalue weighted by atomic mass is 35.5. The Bertz CT molecular complexity index is 826. The second-order valence-corrected chi connectivity index (χ2v) is 6.31. The summed E-state index contributed by atoms with van der Waals surface area (Å²) in [5.41, 5.74) is 4.06. The van der Waals surface area contributed by atoms with Crippen LogP contribution in [0.2, 0.25) is 5.02 Å². The SMILES string of the molecule is C[N+]1=CCN(C2=Nc3cc(Cl)ccc3Nc3ccccc32)CC1. The molecule has 5 heteroatoms. The number of hydrogen-bond acceptors (Lipinski definition) is 3. The molecule has 0 amide bonds. The molecule has 1 N–H and O–H groups in total. The van der Waals surface area contributed by atoms with Gasteiger partial charge in [-0.15, -0.1) is 0 Å². The number of benzene rings is 2. The number of anilines is 2. The third-order valence-electron chi connectivity index (χ3n) is 4.26. The first-order valence-electron chi connectivity index (χ1n) is 7.74. The van der Waals surface area contributed by atoms with E-state index in [0.29, 0.717) is 5.02 Å². The van der Waals surface area contributed by atoms with E-state index in [-0.39, 0.29) is 0 Å². The molecule has 4 rings (SSSR count). The Morgan fingerprint density at radius 3 is 2.87 bits per heavy atom. The van der Waals surface area contributed by atoms with Crippen LogP contribution in [0.15, 0.2) is 47.5 Å². The van der Waals surface area contributed by atoms with Gasteiger partial charge in [-0.05, 0) is 30.3 Å². The number of rotatable bonds is 0. The smallest absolute Gasteiger partial charge is 0.159 e. The van der Waals surface area contributed by atoms with Crippen LogP contribution in [0, 0.1) is 0 Å². The molecule has 0 saturated heterocycles. The van der Waals surface area contributed by atoms with Gasteiger partial charge in [-0.25, -0.2) is 9.57 Å². The zero-order valence-electron chi connectivity index (χ0n) is 13.0. The number of amidine groups is 1. The molecule has 0 spiro atoms. The Labute approximate surface area is 140 Å². The standard InChI is InChI=1S/C18H18ClN4/c1-22-8-10-23(11-9-22)18-14-4-2-3-5-15(14)20-16-7-6-13(19)12-17(16)21-18/h2-8,12,20H,9-11H2,1H3/q+1. The number of hydrogen-bond donors (Lipinski definition) is 1. The normalized spacial score (nSPS) is 16.5. The largest absolute Gasteiger partial charge is 0.353 e. The Morgan fingerprint density at radius 2 is 2.04 bits per heavy atom. The average molecular weight is 326 g/mol. The maximum absolute atomic E-state index is 6.17. The molecule has 0 aromatic heterocycles. The maximum atomic E-state index is 6.17. The summed E-state index contributed by atoms with van der Waals surface area (Å²) in [5.74, 6) is 0.999. The van der Waals surface area contributed by atoms with Crippen LogP contribution in [-0.4, -0.2) is 48.2 Å². The second-order valence-electron chi connectivity index (χ2n) is 5.88. The van der Waals surface area contributed by atoms with E-state index in [9.17, 15) is 0 Å². The van der Waals surface area contributed by atoms with Gasteiger partial charge >= 0.3 is 0 Å². The number of fused-ring (bicyclic) bond motifs is 2. The van der Waals surface area contributed by atoms with E-state index in [4.69, 9.17) is 16.6 Å². The van der Waals surface area contributed by atoms with Gasteiger partial charge in [0.1, 0.15) is 12.9 Å². The summed E-state index contributed by atoms with van der Waals surface area (Å²) in [6, 6.07) is 14.1. The minimum atomic E-state index is 0.699. The fourth-order valence-electron chi connectivity index (χ4n) is 2.94. The number of para-hydroxylation sites is 1. The van der Waals surface area contributed by atoms with E-state index in [1.165, 1.54) is 0 Å². The molecule has 0 aliphatic carbocycles. The van der Waals surface area contributed by atoms with Crippen molar-refractivity contribution in [3.63, 3.8) is 0 Å². The van der Waals surface area contributed by atoms with Crippen LogP contribution in [0.5, 0.6) is 0 Å². The molecule has 0 fully saturated rings. The van der Waals surface area contributed by atoms with E-state index >= 15 is 0 Å². The molecule has 2 aliphatic rings. The minimum absolute atomic E-state index is 0.699. The molecule has 0 radical (unpaired) electrons. The molecule has 116 valence electrons. The van der Waals surface area contributed by atoms with Crippen molar-refractivity contribution in [1.82, 2.24) is 4.90 Å². The van der Waals surface area contributed by atoms with E-state index < -0.39 is 0 Å². The van der Waals surface area contributed by atoms with Crippen LogP contribution in [0.4, 0.5) is 17.1 Å². The maximum Gasteiger partial charge on any atom is 0.159 e. The molecular weight excluding hydrogens is 308 g/mol. The highest BCUT2D eigenvalue weighted by Gasteiger charge is 2.24. The van der Waals surface area contributed by atoms with Crippen molar-refractivity contribution in [3.05, 3.63) is 53.1 Å². The van der Waals surface area contributed by atoms with Gasteiger partial charge in [-0.3, -0.25) is 0 Å². The van der Waals surface area contributed by atoms with Gasteiger partial charge in [-0.1, -0.05) is 23.7 Å². The highest BCUT2D eigenvalue weighted by Crippen LogP contribution is 2.36. The van der Waals surface area contributed by atoms with Crippen molar-refractivity contribution >= 4 is 40.7 Å². The van der Waals surface area contributed by atoms with Gasteiger partial charge in [-0.2, -0.15) is 0 Å². The van der Waals surface area contributed by atoms with Crippen LogP contribution in [0.3, 0.4) is 0 Å². The third kappa shape index (κ3) is 2.70. The number of nitrogens with one attached hydrogen (secondary N) is 1. The van der Waals surface area contributed by atoms with E-state index in [2.05, 4.69) is 46.3 Å². The van der Waals surface area contributed by atoms with Crippen LogP contribution in [0.1, 0.15) is 5.56 Å². The van der Waals surface area contributed by atoms with E-state index in [1.807, 2.05) is 24.3 Å². The third-order valence-corrected chi connectivity index (χ3v) is 4.49. The van der Waals surface area contributed by atoms with Crippen molar-refractivity contribution < 1.29 is 4.58 Å². The molecule has 0 unspecified atom stereocenters. The Balaban J connectivity index is 1.86. The molecule has 23 heavy (non-hydrogen) atoms. The van der Waals surface area contributed by atoms with Crippen molar-refractivity contribution in [2.24, 2.45) is 4.99 Å². The van der Waals surface area contributed by atoms with Crippen molar-refractivity contribution in [2.45, 2.75) is 0 Å². The number of aliphatic imine (C=N–C) groups is 1. The van der Waals surface area contributed by atoms with Crippen molar-refractivity contribution in [3.8, 4) is 0 Å². The molecule has 0 saturated carbocycles. The fraction of sp³-hybridized carbons (Fsp3) is 0.222. The second kappa shape index (κ2) is 5.70. The van der Waals surface area contributed by atoms with Gasteiger partial charge in [0, 0.05) is 16.3 Å². The van der Waals surface area contributed by atoms with Gasteiger partial charge in [0.2, 0.25) is 0 Å². The Hall–Kier alpha value is -2.33. The van der Waals surface area contributed by atoms with Crippen LogP contribution in [0.25, 0.3) is 0 Å².